The minimum absolute atomic E-state index is 0.323. The molecule has 0 aliphatic rings. The molecular formula is C16H13FN2O. The Kier molecular flexibility index (Phi) is 3.31. The zero-order chi connectivity index (χ0) is 13.9. The summed E-state index contributed by atoms with van der Waals surface area (Å²) in [5.41, 5.74) is 2.07. The maximum absolute atomic E-state index is 12.9. The van der Waals surface area contributed by atoms with Gasteiger partial charge in [0.1, 0.15) is 11.9 Å². The maximum Gasteiger partial charge on any atom is 0.123 e. The minimum Gasteiger partial charge on any atom is -0.382 e. The van der Waals surface area contributed by atoms with Gasteiger partial charge in [-0.25, -0.2) is 9.07 Å². The molecule has 1 heterocycles. The van der Waals surface area contributed by atoms with Crippen molar-refractivity contribution in [3.05, 3.63) is 83.9 Å². The molecule has 1 N–H and O–H groups in total. The number of nitrogens with zero attached hydrogens (tertiary/aromatic N) is 2. The molecule has 0 spiro atoms. The molecule has 2 aromatic carbocycles. The van der Waals surface area contributed by atoms with Crippen LogP contribution in [0.4, 0.5) is 4.39 Å². The van der Waals surface area contributed by atoms with Crippen molar-refractivity contribution in [2.45, 2.75) is 6.10 Å². The number of aromatic nitrogens is 2. The van der Waals surface area contributed by atoms with Gasteiger partial charge in [0.05, 0.1) is 11.4 Å². The predicted molar refractivity (Wildman–Crippen MR) is 74.0 cm³/mol. The normalized spacial score (nSPS) is 12.3. The Labute approximate surface area is 115 Å². The molecule has 0 bridgehead atoms. The summed E-state index contributed by atoms with van der Waals surface area (Å²) in [5, 5.41) is 14.6. The fourth-order valence-corrected chi connectivity index (χ4v) is 2.02. The van der Waals surface area contributed by atoms with Crippen LogP contribution in [-0.4, -0.2) is 14.9 Å². The zero-order valence-electron chi connectivity index (χ0n) is 10.6. The fourth-order valence-electron chi connectivity index (χ4n) is 2.02. The lowest BCUT2D eigenvalue weighted by Gasteiger charge is -2.08. The van der Waals surface area contributed by atoms with Gasteiger partial charge in [-0.15, -0.1) is 0 Å². The topological polar surface area (TPSA) is 38.0 Å². The van der Waals surface area contributed by atoms with Crippen LogP contribution in [0.15, 0.2) is 66.9 Å². The number of benzene rings is 2. The van der Waals surface area contributed by atoms with E-state index in [0.717, 1.165) is 5.69 Å². The molecule has 1 atom stereocenters. The SMILES string of the molecule is OC(c1ccc(F)cc1)c1ccn(-c2ccccc2)n1. The molecule has 0 aliphatic carbocycles. The predicted octanol–water partition coefficient (Wildman–Crippen LogP) is 3.09. The monoisotopic (exact) mass is 268 g/mol. The van der Waals surface area contributed by atoms with E-state index in [0.29, 0.717) is 11.3 Å². The van der Waals surface area contributed by atoms with E-state index in [-0.39, 0.29) is 5.82 Å². The Bertz CT molecular complexity index is 692. The van der Waals surface area contributed by atoms with Gasteiger partial charge in [0.25, 0.3) is 0 Å². The van der Waals surface area contributed by atoms with Crippen LogP contribution in [0.5, 0.6) is 0 Å². The van der Waals surface area contributed by atoms with Crippen molar-refractivity contribution in [2.24, 2.45) is 0 Å². The van der Waals surface area contributed by atoms with Crippen LogP contribution >= 0.6 is 0 Å². The summed E-state index contributed by atoms with van der Waals surface area (Å²) in [7, 11) is 0. The Morgan fingerprint density at radius 3 is 2.35 bits per heavy atom. The van der Waals surface area contributed by atoms with Crippen LogP contribution in [0.2, 0.25) is 0 Å². The molecule has 0 saturated carbocycles. The van der Waals surface area contributed by atoms with Crippen LogP contribution in [0.1, 0.15) is 17.4 Å². The third kappa shape index (κ3) is 2.46. The lowest BCUT2D eigenvalue weighted by molar-refractivity contribution is 0.214. The van der Waals surface area contributed by atoms with E-state index in [1.807, 2.05) is 30.3 Å². The number of rotatable bonds is 3. The number of para-hydroxylation sites is 1. The fraction of sp³-hybridized carbons (Fsp3) is 0.0625. The molecular weight excluding hydrogens is 255 g/mol. The first-order valence-corrected chi connectivity index (χ1v) is 6.28. The van der Waals surface area contributed by atoms with Crippen molar-refractivity contribution in [3.8, 4) is 5.69 Å². The van der Waals surface area contributed by atoms with E-state index in [1.54, 1.807) is 29.1 Å². The number of aliphatic hydroxyl groups excluding tert-OH is 1. The average Bonchev–Trinajstić information content (AvgIpc) is 2.98. The Morgan fingerprint density at radius 1 is 0.950 bits per heavy atom. The molecule has 3 aromatic rings. The van der Waals surface area contributed by atoms with Crippen LogP contribution in [0.3, 0.4) is 0 Å². The summed E-state index contributed by atoms with van der Waals surface area (Å²) in [5.74, 6) is -0.323. The highest BCUT2D eigenvalue weighted by atomic mass is 19.1. The standard InChI is InChI=1S/C16H13FN2O/c17-13-8-6-12(7-9-13)16(20)15-10-11-19(18-15)14-4-2-1-3-5-14/h1-11,16,20H. The van der Waals surface area contributed by atoms with Crippen molar-refractivity contribution in [2.75, 3.05) is 0 Å². The molecule has 20 heavy (non-hydrogen) atoms. The van der Waals surface area contributed by atoms with Crippen molar-refractivity contribution < 1.29 is 9.50 Å². The van der Waals surface area contributed by atoms with E-state index in [2.05, 4.69) is 5.10 Å². The smallest absolute Gasteiger partial charge is 0.123 e. The van der Waals surface area contributed by atoms with Gasteiger partial charge in [-0.2, -0.15) is 5.10 Å². The lowest BCUT2D eigenvalue weighted by Crippen LogP contribution is -2.02. The molecule has 4 heteroatoms. The number of hydrogen-bond donors (Lipinski definition) is 1. The number of aliphatic hydroxyl groups is 1. The van der Waals surface area contributed by atoms with E-state index in [9.17, 15) is 9.50 Å². The molecule has 0 radical (unpaired) electrons. The third-order valence-corrected chi connectivity index (χ3v) is 3.10. The Balaban J connectivity index is 1.88. The van der Waals surface area contributed by atoms with Crippen LogP contribution in [0.25, 0.3) is 5.69 Å². The van der Waals surface area contributed by atoms with Gasteiger partial charge in [-0.1, -0.05) is 30.3 Å². The molecule has 0 saturated heterocycles. The molecule has 1 unspecified atom stereocenters. The van der Waals surface area contributed by atoms with E-state index >= 15 is 0 Å². The summed E-state index contributed by atoms with van der Waals surface area (Å²) in [4.78, 5) is 0. The third-order valence-electron chi connectivity index (χ3n) is 3.10. The second kappa shape index (κ2) is 5.27. The average molecular weight is 268 g/mol. The first-order chi connectivity index (χ1) is 9.74. The second-order valence-electron chi connectivity index (χ2n) is 4.47. The quantitative estimate of drug-likeness (QED) is 0.792. The van der Waals surface area contributed by atoms with E-state index < -0.39 is 6.10 Å². The van der Waals surface area contributed by atoms with Gasteiger partial charge >= 0.3 is 0 Å². The van der Waals surface area contributed by atoms with Crippen LogP contribution < -0.4 is 0 Å². The van der Waals surface area contributed by atoms with Gasteiger partial charge in [-0.05, 0) is 35.9 Å². The highest BCUT2D eigenvalue weighted by Gasteiger charge is 2.13. The molecule has 0 amide bonds. The van der Waals surface area contributed by atoms with Gasteiger partial charge < -0.3 is 5.11 Å². The summed E-state index contributed by atoms with van der Waals surface area (Å²) < 4.78 is 14.6. The molecule has 0 fully saturated rings. The van der Waals surface area contributed by atoms with Gasteiger partial charge in [0.2, 0.25) is 0 Å². The number of hydrogen-bond acceptors (Lipinski definition) is 2. The second-order valence-corrected chi connectivity index (χ2v) is 4.47. The summed E-state index contributed by atoms with van der Waals surface area (Å²) in [6.45, 7) is 0. The van der Waals surface area contributed by atoms with E-state index in [1.165, 1.54) is 12.1 Å². The first kappa shape index (κ1) is 12.6. The first-order valence-electron chi connectivity index (χ1n) is 6.28. The Morgan fingerprint density at radius 2 is 1.65 bits per heavy atom. The van der Waals surface area contributed by atoms with E-state index in [4.69, 9.17) is 0 Å². The lowest BCUT2D eigenvalue weighted by atomic mass is 10.1. The van der Waals surface area contributed by atoms with Gasteiger partial charge in [0.15, 0.2) is 0 Å². The van der Waals surface area contributed by atoms with Crippen molar-refractivity contribution in [1.82, 2.24) is 9.78 Å². The maximum atomic E-state index is 12.9. The van der Waals surface area contributed by atoms with Gasteiger partial charge in [0, 0.05) is 6.20 Å². The van der Waals surface area contributed by atoms with Crippen molar-refractivity contribution in [1.29, 1.82) is 0 Å². The van der Waals surface area contributed by atoms with Crippen molar-refractivity contribution in [3.63, 3.8) is 0 Å². The molecule has 1 aromatic heterocycles. The molecule has 3 nitrogen and oxygen atoms in total. The summed E-state index contributed by atoms with van der Waals surface area (Å²) in [6.07, 6.45) is 0.929. The van der Waals surface area contributed by atoms with Crippen LogP contribution in [0, 0.1) is 5.82 Å². The highest BCUT2D eigenvalue weighted by Crippen LogP contribution is 2.21. The molecule has 0 aliphatic heterocycles. The minimum atomic E-state index is -0.861. The van der Waals surface area contributed by atoms with Crippen molar-refractivity contribution >= 4 is 0 Å². The molecule has 3 rings (SSSR count). The summed E-state index contributed by atoms with van der Waals surface area (Å²) >= 11 is 0. The summed E-state index contributed by atoms with van der Waals surface area (Å²) in [6, 6.07) is 17.2. The highest BCUT2D eigenvalue weighted by molar-refractivity contribution is 5.32. The zero-order valence-corrected chi connectivity index (χ0v) is 10.6. The largest absolute Gasteiger partial charge is 0.382 e. The van der Waals surface area contributed by atoms with Gasteiger partial charge in [-0.3, -0.25) is 0 Å². The molecule has 100 valence electrons. The number of halogens is 1. The van der Waals surface area contributed by atoms with Crippen LogP contribution in [-0.2, 0) is 0 Å². The Hall–Kier alpha value is -2.46.